The first kappa shape index (κ1) is 14.6. The Bertz CT molecular complexity index is 602. The average molecular weight is 391 g/mol. The minimum Gasteiger partial charge on any atom is -0.324 e. The third-order valence-electron chi connectivity index (χ3n) is 2.83. The van der Waals surface area contributed by atoms with Crippen LogP contribution in [0.3, 0.4) is 0 Å². The molecule has 2 rings (SSSR count). The fraction of sp³-hybridized carbons (Fsp3) is 0.143. The SMILES string of the molecule is NC(Cc1cc(Br)ccc1F)c1cccc(Br)c1F. The van der Waals surface area contributed by atoms with Crippen LogP contribution in [0.2, 0.25) is 0 Å². The largest absolute Gasteiger partial charge is 0.324 e. The van der Waals surface area contributed by atoms with Crippen LogP contribution in [0, 0.1) is 11.6 Å². The van der Waals surface area contributed by atoms with E-state index < -0.39 is 11.9 Å². The molecule has 0 radical (unpaired) electrons. The summed E-state index contributed by atoms with van der Waals surface area (Å²) >= 11 is 6.39. The van der Waals surface area contributed by atoms with Crippen molar-refractivity contribution in [3.8, 4) is 0 Å². The summed E-state index contributed by atoms with van der Waals surface area (Å²) in [6, 6.07) is 8.96. The maximum Gasteiger partial charge on any atom is 0.142 e. The van der Waals surface area contributed by atoms with Crippen LogP contribution in [0.15, 0.2) is 45.3 Å². The van der Waals surface area contributed by atoms with Gasteiger partial charge in [0, 0.05) is 16.1 Å². The van der Waals surface area contributed by atoms with E-state index >= 15 is 0 Å². The van der Waals surface area contributed by atoms with Crippen molar-refractivity contribution in [2.75, 3.05) is 0 Å². The molecule has 2 aromatic rings. The summed E-state index contributed by atoms with van der Waals surface area (Å²) in [6.45, 7) is 0. The van der Waals surface area contributed by atoms with E-state index in [0.717, 1.165) is 4.47 Å². The van der Waals surface area contributed by atoms with Gasteiger partial charge in [0.05, 0.1) is 4.47 Å². The molecule has 0 saturated carbocycles. The Morgan fingerprint density at radius 1 is 1.11 bits per heavy atom. The lowest BCUT2D eigenvalue weighted by molar-refractivity contribution is 0.559. The van der Waals surface area contributed by atoms with Crippen LogP contribution in [0.25, 0.3) is 0 Å². The summed E-state index contributed by atoms with van der Waals surface area (Å²) < 4.78 is 28.7. The normalized spacial score (nSPS) is 12.5. The smallest absolute Gasteiger partial charge is 0.142 e. The van der Waals surface area contributed by atoms with Crippen molar-refractivity contribution in [2.45, 2.75) is 12.5 Å². The van der Waals surface area contributed by atoms with E-state index in [9.17, 15) is 8.78 Å². The molecular formula is C14H11Br2F2N. The number of halogens is 4. The second-order valence-electron chi connectivity index (χ2n) is 4.19. The average Bonchev–Trinajstić information content (AvgIpc) is 2.37. The molecule has 0 heterocycles. The molecule has 0 aliphatic carbocycles. The van der Waals surface area contributed by atoms with E-state index in [2.05, 4.69) is 31.9 Å². The van der Waals surface area contributed by atoms with Crippen molar-refractivity contribution >= 4 is 31.9 Å². The Labute approximate surface area is 127 Å². The molecule has 5 heteroatoms. The van der Waals surface area contributed by atoms with Crippen LogP contribution in [0.1, 0.15) is 17.2 Å². The topological polar surface area (TPSA) is 26.0 Å². The van der Waals surface area contributed by atoms with Gasteiger partial charge >= 0.3 is 0 Å². The molecule has 0 amide bonds. The second kappa shape index (κ2) is 6.11. The molecule has 0 aromatic heterocycles. The standard InChI is InChI=1S/C14H11Br2F2N/c15-9-4-5-12(17)8(6-9)7-13(19)10-2-1-3-11(16)14(10)18/h1-6,13H,7,19H2. The first-order valence-corrected chi connectivity index (χ1v) is 7.21. The zero-order valence-corrected chi connectivity index (χ0v) is 13.0. The zero-order valence-electron chi connectivity index (χ0n) is 9.84. The summed E-state index contributed by atoms with van der Waals surface area (Å²) in [5, 5.41) is 0. The molecule has 1 nitrogen and oxygen atoms in total. The van der Waals surface area contributed by atoms with Gasteiger partial charge in [-0.1, -0.05) is 28.1 Å². The van der Waals surface area contributed by atoms with E-state index in [0.29, 0.717) is 15.6 Å². The molecule has 0 fully saturated rings. The van der Waals surface area contributed by atoms with Crippen LogP contribution in [-0.2, 0) is 6.42 Å². The molecule has 19 heavy (non-hydrogen) atoms. The van der Waals surface area contributed by atoms with Gasteiger partial charge in [-0.15, -0.1) is 0 Å². The zero-order chi connectivity index (χ0) is 14.0. The van der Waals surface area contributed by atoms with Gasteiger partial charge in [-0.25, -0.2) is 8.78 Å². The summed E-state index contributed by atoms with van der Waals surface area (Å²) in [5.74, 6) is -0.737. The Kier molecular flexibility index (Phi) is 4.71. The lowest BCUT2D eigenvalue weighted by atomic mass is 9.99. The van der Waals surface area contributed by atoms with Gasteiger partial charge in [0.15, 0.2) is 0 Å². The molecule has 0 spiro atoms. The molecule has 0 saturated heterocycles. The molecule has 1 unspecified atom stereocenters. The number of hydrogen-bond donors (Lipinski definition) is 1. The molecule has 0 aliphatic heterocycles. The van der Waals surface area contributed by atoms with Crippen molar-refractivity contribution in [3.05, 3.63) is 68.1 Å². The number of rotatable bonds is 3. The molecule has 0 bridgehead atoms. The van der Waals surface area contributed by atoms with Gasteiger partial charge in [-0.05, 0) is 52.2 Å². The van der Waals surface area contributed by atoms with Gasteiger partial charge in [0.25, 0.3) is 0 Å². The number of benzene rings is 2. The van der Waals surface area contributed by atoms with E-state index in [1.165, 1.54) is 6.07 Å². The third-order valence-corrected chi connectivity index (χ3v) is 3.93. The quantitative estimate of drug-likeness (QED) is 0.805. The molecule has 2 aromatic carbocycles. The van der Waals surface area contributed by atoms with E-state index in [1.807, 2.05) is 0 Å². The predicted molar refractivity (Wildman–Crippen MR) is 78.8 cm³/mol. The molecule has 2 N–H and O–H groups in total. The molecular weight excluding hydrogens is 380 g/mol. The van der Waals surface area contributed by atoms with Crippen LogP contribution >= 0.6 is 31.9 Å². The van der Waals surface area contributed by atoms with E-state index in [1.54, 1.807) is 30.3 Å². The van der Waals surface area contributed by atoms with Gasteiger partial charge in [0.1, 0.15) is 11.6 Å². The highest BCUT2D eigenvalue weighted by atomic mass is 79.9. The van der Waals surface area contributed by atoms with Crippen molar-refractivity contribution in [1.82, 2.24) is 0 Å². The Balaban J connectivity index is 2.28. The van der Waals surface area contributed by atoms with Crippen LogP contribution in [-0.4, -0.2) is 0 Å². The second-order valence-corrected chi connectivity index (χ2v) is 5.96. The lowest BCUT2D eigenvalue weighted by Gasteiger charge is -2.14. The van der Waals surface area contributed by atoms with Gasteiger partial charge in [0.2, 0.25) is 0 Å². The minimum absolute atomic E-state index is 0.235. The maximum absolute atomic E-state index is 13.9. The monoisotopic (exact) mass is 389 g/mol. The summed E-state index contributed by atoms with van der Waals surface area (Å²) in [6.07, 6.45) is 0.235. The highest BCUT2D eigenvalue weighted by Gasteiger charge is 2.16. The number of hydrogen-bond acceptors (Lipinski definition) is 1. The Morgan fingerprint density at radius 3 is 2.58 bits per heavy atom. The van der Waals surface area contributed by atoms with E-state index in [4.69, 9.17) is 5.73 Å². The van der Waals surface area contributed by atoms with Crippen molar-refractivity contribution in [1.29, 1.82) is 0 Å². The fourth-order valence-corrected chi connectivity index (χ4v) is 2.64. The highest BCUT2D eigenvalue weighted by Crippen LogP contribution is 2.26. The molecule has 1 atom stereocenters. The third kappa shape index (κ3) is 3.41. The summed E-state index contributed by atoms with van der Waals surface area (Å²) in [5.41, 5.74) is 6.80. The minimum atomic E-state index is -0.596. The van der Waals surface area contributed by atoms with Gasteiger partial charge in [-0.2, -0.15) is 0 Å². The van der Waals surface area contributed by atoms with E-state index in [-0.39, 0.29) is 12.2 Å². The Hall–Kier alpha value is -0.780. The first-order valence-electron chi connectivity index (χ1n) is 5.62. The van der Waals surface area contributed by atoms with Crippen molar-refractivity contribution in [3.63, 3.8) is 0 Å². The van der Waals surface area contributed by atoms with Gasteiger partial charge < -0.3 is 5.73 Å². The lowest BCUT2D eigenvalue weighted by Crippen LogP contribution is -2.16. The fourth-order valence-electron chi connectivity index (χ4n) is 1.85. The van der Waals surface area contributed by atoms with Crippen LogP contribution in [0.5, 0.6) is 0 Å². The maximum atomic E-state index is 13.9. The van der Waals surface area contributed by atoms with Crippen molar-refractivity contribution in [2.24, 2.45) is 5.73 Å². The first-order chi connectivity index (χ1) is 8.99. The molecule has 0 aliphatic rings. The van der Waals surface area contributed by atoms with Crippen molar-refractivity contribution < 1.29 is 8.78 Å². The highest BCUT2D eigenvalue weighted by molar-refractivity contribution is 9.10. The summed E-state index contributed by atoms with van der Waals surface area (Å²) in [7, 11) is 0. The van der Waals surface area contributed by atoms with Gasteiger partial charge in [-0.3, -0.25) is 0 Å². The van der Waals surface area contributed by atoms with Crippen LogP contribution < -0.4 is 5.73 Å². The predicted octanol–water partition coefficient (Wildman–Crippen LogP) is 4.73. The van der Waals surface area contributed by atoms with Crippen LogP contribution in [0.4, 0.5) is 8.78 Å². The summed E-state index contributed by atoms with van der Waals surface area (Å²) in [4.78, 5) is 0. The molecule has 100 valence electrons. The Morgan fingerprint density at radius 2 is 1.84 bits per heavy atom. The number of nitrogens with two attached hydrogens (primary N) is 1.